The maximum Gasteiger partial charge on any atom is 0.258 e. The third kappa shape index (κ3) is 2.94. The Morgan fingerprint density at radius 1 is 1.25 bits per heavy atom. The van der Waals surface area contributed by atoms with Crippen LogP contribution < -0.4 is 10.6 Å². The van der Waals surface area contributed by atoms with Crippen LogP contribution in [0.3, 0.4) is 0 Å². The summed E-state index contributed by atoms with van der Waals surface area (Å²) in [7, 11) is 0. The largest absolute Gasteiger partial charge is 0.398 e. The maximum absolute atomic E-state index is 12.6. The summed E-state index contributed by atoms with van der Waals surface area (Å²) in [6.45, 7) is 4.53. The Kier molecular flexibility index (Phi) is 4.30. The highest BCUT2D eigenvalue weighted by atomic mass is 35.5. The summed E-state index contributed by atoms with van der Waals surface area (Å²) in [5.74, 6) is -0.0820. The Morgan fingerprint density at radius 3 is 2.60 bits per heavy atom. The van der Waals surface area contributed by atoms with Gasteiger partial charge in [-0.25, -0.2) is 0 Å². The first-order valence-corrected chi connectivity index (χ1v) is 6.84. The van der Waals surface area contributed by atoms with Crippen molar-refractivity contribution in [2.75, 3.05) is 17.2 Å². The molecule has 0 aliphatic rings. The zero-order valence-corrected chi connectivity index (χ0v) is 12.3. The van der Waals surface area contributed by atoms with Gasteiger partial charge in [-0.2, -0.15) is 0 Å². The molecule has 4 heteroatoms. The van der Waals surface area contributed by atoms with Gasteiger partial charge in [-0.15, -0.1) is 0 Å². The SMILES string of the molecule is CCN(C(=O)c1ccc(Cl)c(N)c1)c1cccc(C)c1. The van der Waals surface area contributed by atoms with E-state index in [1.54, 1.807) is 23.1 Å². The van der Waals surface area contributed by atoms with Gasteiger partial charge < -0.3 is 10.6 Å². The molecule has 20 heavy (non-hydrogen) atoms. The van der Waals surface area contributed by atoms with E-state index in [0.29, 0.717) is 22.8 Å². The second-order valence-electron chi connectivity index (χ2n) is 4.62. The van der Waals surface area contributed by atoms with E-state index >= 15 is 0 Å². The van der Waals surface area contributed by atoms with Crippen molar-refractivity contribution in [2.24, 2.45) is 0 Å². The molecule has 0 atom stereocenters. The minimum absolute atomic E-state index is 0.0820. The molecule has 104 valence electrons. The molecule has 0 saturated heterocycles. The van der Waals surface area contributed by atoms with E-state index in [-0.39, 0.29) is 5.91 Å². The smallest absolute Gasteiger partial charge is 0.258 e. The van der Waals surface area contributed by atoms with E-state index in [4.69, 9.17) is 17.3 Å². The predicted molar refractivity (Wildman–Crippen MR) is 84.4 cm³/mol. The fourth-order valence-electron chi connectivity index (χ4n) is 2.07. The van der Waals surface area contributed by atoms with Crippen LogP contribution in [0.25, 0.3) is 0 Å². The molecule has 0 aliphatic carbocycles. The third-order valence-corrected chi connectivity index (χ3v) is 3.46. The van der Waals surface area contributed by atoms with Gasteiger partial charge in [0, 0.05) is 17.8 Å². The van der Waals surface area contributed by atoms with Crippen LogP contribution in [-0.2, 0) is 0 Å². The van der Waals surface area contributed by atoms with Crippen molar-refractivity contribution in [1.82, 2.24) is 0 Å². The number of halogens is 1. The Labute approximate surface area is 124 Å². The average Bonchev–Trinajstić information content (AvgIpc) is 2.42. The monoisotopic (exact) mass is 288 g/mol. The number of amides is 1. The standard InChI is InChI=1S/C16H17ClN2O/c1-3-19(13-6-4-5-11(2)9-13)16(20)12-7-8-14(17)15(18)10-12/h4-10H,3,18H2,1-2H3. The molecule has 0 spiro atoms. The van der Waals surface area contributed by atoms with Crippen molar-refractivity contribution in [3.63, 3.8) is 0 Å². The minimum atomic E-state index is -0.0820. The molecule has 0 saturated carbocycles. The van der Waals surface area contributed by atoms with Gasteiger partial charge in [-0.05, 0) is 49.7 Å². The summed E-state index contributed by atoms with van der Waals surface area (Å²) >= 11 is 5.89. The van der Waals surface area contributed by atoms with E-state index in [2.05, 4.69) is 0 Å². The molecule has 3 nitrogen and oxygen atoms in total. The fraction of sp³-hybridized carbons (Fsp3) is 0.188. The van der Waals surface area contributed by atoms with E-state index < -0.39 is 0 Å². The molecular weight excluding hydrogens is 272 g/mol. The van der Waals surface area contributed by atoms with Crippen molar-refractivity contribution in [2.45, 2.75) is 13.8 Å². The maximum atomic E-state index is 12.6. The summed E-state index contributed by atoms with van der Waals surface area (Å²) in [6.07, 6.45) is 0. The molecule has 0 aromatic heterocycles. The number of hydrogen-bond acceptors (Lipinski definition) is 2. The van der Waals surface area contributed by atoms with Crippen molar-refractivity contribution >= 4 is 28.9 Å². The Hall–Kier alpha value is -2.00. The van der Waals surface area contributed by atoms with Crippen molar-refractivity contribution in [1.29, 1.82) is 0 Å². The predicted octanol–water partition coefficient (Wildman–Crippen LogP) is 3.90. The summed E-state index contributed by atoms with van der Waals surface area (Å²) in [6, 6.07) is 12.8. The second kappa shape index (κ2) is 5.97. The van der Waals surface area contributed by atoms with Gasteiger partial charge in [0.15, 0.2) is 0 Å². The second-order valence-corrected chi connectivity index (χ2v) is 5.03. The molecule has 2 aromatic carbocycles. The number of benzene rings is 2. The van der Waals surface area contributed by atoms with E-state index in [0.717, 1.165) is 11.3 Å². The quantitative estimate of drug-likeness (QED) is 0.871. The minimum Gasteiger partial charge on any atom is -0.398 e. The average molecular weight is 289 g/mol. The Balaban J connectivity index is 2.36. The number of anilines is 2. The highest BCUT2D eigenvalue weighted by Gasteiger charge is 2.16. The van der Waals surface area contributed by atoms with Gasteiger partial charge in [0.2, 0.25) is 0 Å². The van der Waals surface area contributed by atoms with Gasteiger partial charge in [0.1, 0.15) is 0 Å². The number of hydrogen-bond donors (Lipinski definition) is 1. The van der Waals surface area contributed by atoms with Crippen LogP contribution in [0, 0.1) is 6.92 Å². The van der Waals surface area contributed by atoms with Crippen molar-refractivity contribution in [3.8, 4) is 0 Å². The van der Waals surface area contributed by atoms with Crippen LogP contribution in [0.1, 0.15) is 22.8 Å². The Morgan fingerprint density at radius 2 is 2.00 bits per heavy atom. The van der Waals surface area contributed by atoms with Crippen LogP contribution in [0.2, 0.25) is 5.02 Å². The number of nitrogens with zero attached hydrogens (tertiary/aromatic N) is 1. The molecule has 0 fully saturated rings. The zero-order chi connectivity index (χ0) is 14.7. The van der Waals surface area contributed by atoms with Gasteiger partial charge in [-0.3, -0.25) is 4.79 Å². The van der Waals surface area contributed by atoms with Crippen molar-refractivity contribution < 1.29 is 4.79 Å². The highest BCUT2D eigenvalue weighted by molar-refractivity contribution is 6.33. The molecule has 0 aliphatic heterocycles. The topological polar surface area (TPSA) is 46.3 Å². The van der Waals surface area contributed by atoms with Gasteiger partial charge in [0.05, 0.1) is 10.7 Å². The molecular formula is C16H17ClN2O. The molecule has 1 amide bonds. The number of nitrogen functional groups attached to an aromatic ring is 1. The zero-order valence-electron chi connectivity index (χ0n) is 11.6. The van der Waals surface area contributed by atoms with Crippen LogP contribution in [-0.4, -0.2) is 12.5 Å². The van der Waals surface area contributed by atoms with Crippen molar-refractivity contribution in [3.05, 3.63) is 58.6 Å². The Bertz CT molecular complexity index is 640. The van der Waals surface area contributed by atoms with Crippen LogP contribution in [0.4, 0.5) is 11.4 Å². The van der Waals surface area contributed by atoms with E-state index in [1.165, 1.54) is 0 Å². The molecule has 0 heterocycles. The molecule has 0 radical (unpaired) electrons. The molecule has 0 bridgehead atoms. The lowest BCUT2D eigenvalue weighted by molar-refractivity contribution is 0.0988. The summed E-state index contributed by atoms with van der Waals surface area (Å²) < 4.78 is 0. The normalized spacial score (nSPS) is 10.3. The van der Waals surface area contributed by atoms with Crippen LogP contribution in [0.5, 0.6) is 0 Å². The molecule has 2 rings (SSSR count). The first kappa shape index (κ1) is 14.4. The lowest BCUT2D eigenvalue weighted by atomic mass is 10.1. The number of carbonyl (C=O) groups is 1. The number of carbonyl (C=O) groups excluding carboxylic acids is 1. The lowest BCUT2D eigenvalue weighted by Crippen LogP contribution is -2.30. The van der Waals surface area contributed by atoms with Gasteiger partial charge in [0.25, 0.3) is 5.91 Å². The van der Waals surface area contributed by atoms with E-state index in [1.807, 2.05) is 38.1 Å². The molecule has 2 aromatic rings. The third-order valence-electron chi connectivity index (χ3n) is 3.12. The van der Waals surface area contributed by atoms with Crippen LogP contribution in [0.15, 0.2) is 42.5 Å². The first-order chi connectivity index (χ1) is 9.52. The van der Waals surface area contributed by atoms with Gasteiger partial charge in [-0.1, -0.05) is 23.7 Å². The summed E-state index contributed by atoms with van der Waals surface area (Å²) in [5.41, 5.74) is 8.71. The number of aryl methyl sites for hydroxylation is 1. The highest BCUT2D eigenvalue weighted by Crippen LogP contribution is 2.23. The molecule has 0 unspecified atom stereocenters. The number of rotatable bonds is 3. The lowest BCUT2D eigenvalue weighted by Gasteiger charge is -2.21. The summed E-state index contributed by atoms with van der Waals surface area (Å²) in [4.78, 5) is 14.3. The number of nitrogens with two attached hydrogens (primary N) is 1. The van der Waals surface area contributed by atoms with E-state index in [9.17, 15) is 4.79 Å². The summed E-state index contributed by atoms with van der Waals surface area (Å²) in [5, 5.41) is 0.458. The molecule has 2 N–H and O–H groups in total. The van der Waals surface area contributed by atoms with Gasteiger partial charge >= 0.3 is 0 Å². The first-order valence-electron chi connectivity index (χ1n) is 6.46. The fourth-order valence-corrected chi connectivity index (χ4v) is 2.19. The van der Waals surface area contributed by atoms with Crippen LogP contribution >= 0.6 is 11.6 Å².